The van der Waals surface area contributed by atoms with E-state index in [-0.39, 0.29) is 17.5 Å². The Bertz CT molecular complexity index is 1730. The van der Waals surface area contributed by atoms with Gasteiger partial charge in [-0.2, -0.15) is 0 Å². The summed E-state index contributed by atoms with van der Waals surface area (Å²) in [6, 6.07) is 16.9. The number of hydrogen-bond donors (Lipinski definition) is 2. The summed E-state index contributed by atoms with van der Waals surface area (Å²) in [7, 11) is 0. The Hall–Kier alpha value is -4.79. The molecule has 2 N–H and O–H groups in total. The Morgan fingerprint density at radius 1 is 1.00 bits per heavy atom. The summed E-state index contributed by atoms with van der Waals surface area (Å²) >= 11 is 0. The summed E-state index contributed by atoms with van der Waals surface area (Å²) < 4.78 is 2.94. The van der Waals surface area contributed by atoms with Crippen molar-refractivity contribution in [3.63, 3.8) is 0 Å². The number of aromatic nitrogens is 4. The maximum absolute atomic E-state index is 13.1. The third-order valence-corrected chi connectivity index (χ3v) is 5.79. The second kappa shape index (κ2) is 8.86. The van der Waals surface area contributed by atoms with Crippen LogP contribution in [-0.2, 0) is 6.54 Å². The van der Waals surface area contributed by atoms with Crippen LogP contribution in [-0.4, -0.2) is 30.8 Å². The molecule has 2 amide bonds. The molecule has 5 rings (SSSR count). The van der Waals surface area contributed by atoms with E-state index in [1.165, 1.54) is 18.2 Å². The number of benzene rings is 2. The zero-order valence-corrected chi connectivity index (χ0v) is 18.8. The standard InChI is InChI=1S/C26H21N5O4/c1-2-12-31-25(34)19-14-16(10-11-20(19)28-26(31)35)23(32)29-24(33)18-8-4-3-7-17(18)22-21-9-5-6-13-30(21)15-27-22/h3-11,13-15H,2,12H2,1H3,(H,28,35)(H,29,32,33). The summed E-state index contributed by atoms with van der Waals surface area (Å²) in [5.41, 5.74) is 1.80. The number of nitrogens with one attached hydrogen (secondary N) is 2. The summed E-state index contributed by atoms with van der Waals surface area (Å²) in [5.74, 6) is -1.25. The number of pyridine rings is 1. The Morgan fingerprint density at radius 2 is 1.80 bits per heavy atom. The minimum atomic E-state index is -0.658. The monoisotopic (exact) mass is 467 g/mol. The quantitative estimate of drug-likeness (QED) is 0.385. The number of aromatic amines is 1. The van der Waals surface area contributed by atoms with Gasteiger partial charge in [0.1, 0.15) is 0 Å². The fourth-order valence-electron chi connectivity index (χ4n) is 4.10. The molecule has 0 bridgehead atoms. The lowest BCUT2D eigenvalue weighted by molar-refractivity contribution is 0.0849. The average Bonchev–Trinajstić information content (AvgIpc) is 3.30. The Balaban J connectivity index is 1.48. The Morgan fingerprint density at radius 3 is 2.63 bits per heavy atom. The van der Waals surface area contributed by atoms with Gasteiger partial charge in [-0.25, -0.2) is 9.78 Å². The molecule has 0 radical (unpaired) electrons. The van der Waals surface area contributed by atoms with Crippen LogP contribution >= 0.6 is 0 Å². The zero-order chi connectivity index (χ0) is 24.5. The molecular weight excluding hydrogens is 446 g/mol. The molecule has 9 nitrogen and oxygen atoms in total. The van der Waals surface area contributed by atoms with Gasteiger partial charge in [0.15, 0.2) is 0 Å². The number of carbonyl (C=O) groups is 2. The van der Waals surface area contributed by atoms with Crippen LogP contribution in [0.3, 0.4) is 0 Å². The van der Waals surface area contributed by atoms with Crippen molar-refractivity contribution in [1.29, 1.82) is 0 Å². The van der Waals surface area contributed by atoms with Crippen LogP contribution in [0.5, 0.6) is 0 Å². The Labute approximate surface area is 198 Å². The molecule has 0 aliphatic rings. The van der Waals surface area contributed by atoms with Gasteiger partial charge in [0.05, 0.1) is 28.4 Å². The predicted molar refractivity (Wildman–Crippen MR) is 132 cm³/mol. The van der Waals surface area contributed by atoms with Gasteiger partial charge >= 0.3 is 5.69 Å². The fourth-order valence-corrected chi connectivity index (χ4v) is 4.10. The van der Waals surface area contributed by atoms with Crippen LogP contribution < -0.4 is 16.6 Å². The molecular formula is C26H21N5O4. The number of amides is 2. The van der Waals surface area contributed by atoms with Gasteiger partial charge in [0.2, 0.25) is 0 Å². The Kier molecular flexibility index (Phi) is 5.58. The maximum atomic E-state index is 13.1. The van der Waals surface area contributed by atoms with Crippen molar-refractivity contribution in [2.75, 3.05) is 0 Å². The summed E-state index contributed by atoms with van der Waals surface area (Å²) in [4.78, 5) is 58.1. The molecule has 0 fully saturated rings. The summed E-state index contributed by atoms with van der Waals surface area (Å²) in [5, 5.41) is 2.60. The molecule has 0 saturated carbocycles. The number of H-pyrrole nitrogens is 1. The number of fused-ring (bicyclic) bond motifs is 2. The molecule has 3 aromatic heterocycles. The van der Waals surface area contributed by atoms with Crippen LogP contribution in [0.15, 0.2) is 82.8 Å². The average molecular weight is 467 g/mol. The van der Waals surface area contributed by atoms with Crippen LogP contribution in [0.25, 0.3) is 27.7 Å². The highest BCUT2D eigenvalue weighted by Gasteiger charge is 2.19. The van der Waals surface area contributed by atoms with E-state index >= 15 is 0 Å². The zero-order valence-electron chi connectivity index (χ0n) is 18.8. The van der Waals surface area contributed by atoms with Crippen molar-refractivity contribution >= 4 is 28.2 Å². The van der Waals surface area contributed by atoms with Crippen LogP contribution in [0.1, 0.15) is 34.1 Å². The van der Waals surface area contributed by atoms with Crippen LogP contribution in [0.4, 0.5) is 0 Å². The minimum absolute atomic E-state index is 0.128. The predicted octanol–water partition coefficient (Wildman–Crippen LogP) is 2.98. The third-order valence-electron chi connectivity index (χ3n) is 5.79. The molecule has 3 heterocycles. The second-order valence-electron chi connectivity index (χ2n) is 8.06. The van der Waals surface area contributed by atoms with E-state index in [1.54, 1.807) is 30.6 Å². The molecule has 0 aliphatic heterocycles. The first-order chi connectivity index (χ1) is 17.0. The van der Waals surface area contributed by atoms with E-state index < -0.39 is 23.1 Å². The smallest absolute Gasteiger partial charge is 0.307 e. The van der Waals surface area contributed by atoms with Crippen molar-refractivity contribution < 1.29 is 9.59 Å². The van der Waals surface area contributed by atoms with E-state index in [9.17, 15) is 19.2 Å². The molecule has 0 saturated heterocycles. The molecule has 174 valence electrons. The lowest BCUT2D eigenvalue weighted by Gasteiger charge is -2.10. The molecule has 5 aromatic rings. The van der Waals surface area contributed by atoms with Gasteiger partial charge in [-0.15, -0.1) is 0 Å². The molecule has 0 spiro atoms. The SMILES string of the molecule is CCCn1c(=O)[nH]c2ccc(C(=O)NC(=O)c3ccccc3-c3ncn4ccccc34)cc2c1=O. The van der Waals surface area contributed by atoms with E-state index in [0.717, 1.165) is 10.1 Å². The van der Waals surface area contributed by atoms with Gasteiger partial charge in [-0.1, -0.05) is 31.2 Å². The van der Waals surface area contributed by atoms with Gasteiger partial charge in [0.25, 0.3) is 17.4 Å². The van der Waals surface area contributed by atoms with Crippen molar-refractivity contribution in [2.24, 2.45) is 0 Å². The number of imide groups is 1. The minimum Gasteiger partial charge on any atom is -0.307 e. The van der Waals surface area contributed by atoms with E-state index in [1.807, 2.05) is 35.7 Å². The van der Waals surface area contributed by atoms with Gasteiger partial charge in [0, 0.05) is 29.4 Å². The topological polar surface area (TPSA) is 118 Å². The van der Waals surface area contributed by atoms with Gasteiger partial charge < -0.3 is 9.38 Å². The molecule has 35 heavy (non-hydrogen) atoms. The fraction of sp³-hybridized carbons (Fsp3) is 0.115. The molecule has 0 unspecified atom stereocenters. The molecule has 0 atom stereocenters. The third kappa shape index (κ3) is 3.93. The van der Waals surface area contributed by atoms with Crippen LogP contribution in [0.2, 0.25) is 0 Å². The van der Waals surface area contributed by atoms with E-state index in [0.29, 0.717) is 28.8 Å². The molecule has 2 aromatic carbocycles. The first-order valence-electron chi connectivity index (χ1n) is 11.1. The summed E-state index contributed by atoms with van der Waals surface area (Å²) in [6.45, 7) is 2.12. The van der Waals surface area contributed by atoms with Gasteiger partial charge in [-0.3, -0.25) is 24.3 Å². The van der Waals surface area contributed by atoms with Crippen molar-refractivity contribution in [3.8, 4) is 11.3 Å². The lowest BCUT2D eigenvalue weighted by Crippen LogP contribution is -2.35. The number of hydrogen-bond acceptors (Lipinski definition) is 5. The lowest BCUT2D eigenvalue weighted by atomic mass is 10.0. The van der Waals surface area contributed by atoms with Crippen molar-refractivity contribution in [2.45, 2.75) is 19.9 Å². The molecule has 9 heteroatoms. The number of imidazole rings is 1. The highest BCUT2D eigenvalue weighted by molar-refractivity contribution is 6.13. The number of rotatable bonds is 5. The molecule has 0 aliphatic carbocycles. The number of nitrogens with zero attached hydrogens (tertiary/aromatic N) is 3. The number of carbonyl (C=O) groups excluding carboxylic acids is 2. The van der Waals surface area contributed by atoms with Crippen molar-refractivity contribution in [1.82, 2.24) is 24.3 Å². The van der Waals surface area contributed by atoms with Crippen molar-refractivity contribution in [3.05, 3.63) is 105 Å². The largest absolute Gasteiger partial charge is 0.328 e. The first kappa shape index (κ1) is 22.0. The van der Waals surface area contributed by atoms with E-state index in [4.69, 9.17) is 0 Å². The maximum Gasteiger partial charge on any atom is 0.328 e. The van der Waals surface area contributed by atoms with Crippen LogP contribution in [0, 0.1) is 0 Å². The highest BCUT2D eigenvalue weighted by Crippen LogP contribution is 2.26. The van der Waals surface area contributed by atoms with Gasteiger partial charge in [-0.05, 0) is 42.8 Å². The van der Waals surface area contributed by atoms with E-state index in [2.05, 4.69) is 15.3 Å². The highest BCUT2D eigenvalue weighted by atomic mass is 16.2. The summed E-state index contributed by atoms with van der Waals surface area (Å²) in [6.07, 6.45) is 4.13. The normalized spacial score (nSPS) is 11.1. The second-order valence-corrected chi connectivity index (χ2v) is 8.06. The first-order valence-corrected chi connectivity index (χ1v) is 11.1.